The van der Waals surface area contributed by atoms with Crippen LogP contribution in [0.5, 0.6) is 0 Å². The van der Waals surface area contributed by atoms with E-state index in [0.29, 0.717) is 11.1 Å². The van der Waals surface area contributed by atoms with Crippen molar-refractivity contribution in [3.63, 3.8) is 0 Å². The van der Waals surface area contributed by atoms with Gasteiger partial charge in [0.05, 0.1) is 17.9 Å². The number of hydrogen-bond donors (Lipinski definition) is 1. The van der Waals surface area contributed by atoms with E-state index >= 15 is 0 Å². The maximum absolute atomic E-state index is 5.81. The average Bonchev–Trinajstić information content (AvgIpc) is 2.38. The lowest BCUT2D eigenvalue weighted by atomic mass is 9.92. The summed E-state index contributed by atoms with van der Waals surface area (Å²) in [5, 5.41) is 1.21. The number of hydrogen-bond acceptors (Lipinski definition) is 3. The molecule has 0 bridgehead atoms. The molecule has 1 aliphatic rings. The molecule has 0 aromatic carbocycles. The van der Waals surface area contributed by atoms with Gasteiger partial charge in [0.1, 0.15) is 5.15 Å². The zero-order chi connectivity index (χ0) is 13.0. The Balaban J connectivity index is 1.99. The summed E-state index contributed by atoms with van der Waals surface area (Å²) in [4.78, 5) is 4.15. The van der Waals surface area contributed by atoms with Crippen molar-refractivity contribution in [1.29, 1.82) is 0 Å². The number of nitrogens with zero attached hydrogens (tertiary/aromatic N) is 1. The van der Waals surface area contributed by atoms with E-state index in [1.807, 2.05) is 24.3 Å². The minimum Gasteiger partial charge on any atom is -0.501 e. The van der Waals surface area contributed by atoms with Gasteiger partial charge in [0.15, 0.2) is 0 Å². The number of methoxy groups -OCH3 is 1. The second-order valence-corrected chi connectivity index (χ2v) is 5.10. The molecule has 0 N–H and O–H groups in total. The summed E-state index contributed by atoms with van der Waals surface area (Å²) in [5.74, 6) is 1.50. The third kappa shape index (κ3) is 3.30. The van der Waals surface area contributed by atoms with E-state index in [1.165, 1.54) is 0 Å². The molecule has 4 heteroatoms. The molecule has 0 saturated heterocycles. The van der Waals surface area contributed by atoms with Crippen molar-refractivity contribution in [1.82, 2.24) is 4.98 Å². The van der Waals surface area contributed by atoms with Crippen molar-refractivity contribution >= 4 is 24.2 Å². The monoisotopic (exact) mass is 281 g/mol. The molecular formula is C14H16ClNOS. The zero-order valence-corrected chi connectivity index (χ0v) is 11.9. The minimum atomic E-state index is 0.448. The molecule has 0 spiro atoms. The number of halogens is 1. The molecule has 1 atom stereocenters. The van der Waals surface area contributed by atoms with Gasteiger partial charge in [-0.15, -0.1) is 12.6 Å². The molecule has 18 heavy (non-hydrogen) atoms. The Kier molecular flexibility index (Phi) is 4.72. The Bertz CT molecular complexity index is 485. The van der Waals surface area contributed by atoms with Crippen LogP contribution in [0, 0.1) is 5.92 Å². The number of thiol groups is 1. The smallest absolute Gasteiger partial charge is 0.130 e. The van der Waals surface area contributed by atoms with E-state index in [-0.39, 0.29) is 0 Å². The molecule has 96 valence electrons. The fourth-order valence-electron chi connectivity index (χ4n) is 2.13. The van der Waals surface area contributed by atoms with Gasteiger partial charge in [-0.25, -0.2) is 4.98 Å². The fourth-order valence-corrected chi connectivity index (χ4v) is 2.63. The number of allylic oxidation sites excluding steroid dienone is 4. The van der Waals surface area contributed by atoms with E-state index in [9.17, 15) is 0 Å². The molecule has 0 aliphatic heterocycles. The molecule has 2 rings (SSSR count). The molecule has 1 aromatic heterocycles. The first-order chi connectivity index (χ1) is 8.70. The second-order valence-electron chi connectivity index (χ2n) is 4.29. The standard InChI is InChI=1S/C14H16ClNOS/c1-17-12-5-3-2-4-10(12)6-7-11-8-9-13(15)16-14(11)18/h2-3,5,8-10H,4,6-7H2,1H3,(H,16,18). The Morgan fingerprint density at radius 2 is 2.33 bits per heavy atom. The summed E-state index contributed by atoms with van der Waals surface area (Å²) in [6.07, 6.45) is 9.25. The molecule has 0 amide bonds. The van der Waals surface area contributed by atoms with Gasteiger partial charge in [-0.2, -0.15) is 0 Å². The van der Waals surface area contributed by atoms with Crippen molar-refractivity contribution in [2.45, 2.75) is 24.3 Å². The molecule has 2 nitrogen and oxygen atoms in total. The number of pyridine rings is 1. The topological polar surface area (TPSA) is 22.1 Å². The quantitative estimate of drug-likeness (QED) is 0.664. The van der Waals surface area contributed by atoms with Gasteiger partial charge in [0.25, 0.3) is 0 Å². The van der Waals surface area contributed by atoms with Crippen molar-refractivity contribution in [3.05, 3.63) is 46.8 Å². The van der Waals surface area contributed by atoms with Crippen molar-refractivity contribution in [2.24, 2.45) is 5.92 Å². The maximum atomic E-state index is 5.81. The van der Waals surface area contributed by atoms with Gasteiger partial charge in [0, 0.05) is 5.92 Å². The normalized spacial score (nSPS) is 18.6. The fraction of sp³-hybridized carbons (Fsp3) is 0.357. The third-order valence-electron chi connectivity index (χ3n) is 3.14. The molecule has 1 unspecified atom stereocenters. The summed E-state index contributed by atoms with van der Waals surface area (Å²) < 4.78 is 5.40. The summed E-state index contributed by atoms with van der Waals surface area (Å²) in [6, 6.07) is 3.80. The Labute approximate surface area is 118 Å². The van der Waals surface area contributed by atoms with Crippen LogP contribution in [0.15, 0.2) is 41.1 Å². The van der Waals surface area contributed by atoms with Crippen LogP contribution in [-0.4, -0.2) is 12.1 Å². The van der Waals surface area contributed by atoms with Crippen LogP contribution in [0.25, 0.3) is 0 Å². The predicted molar refractivity (Wildman–Crippen MR) is 77.2 cm³/mol. The van der Waals surface area contributed by atoms with E-state index in [2.05, 4.69) is 23.7 Å². The van der Waals surface area contributed by atoms with Crippen molar-refractivity contribution in [3.8, 4) is 0 Å². The minimum absolute atomic E-state index is 0.448. The predicted octanol–water partition coefficient (Wildman–Crippen LogP) is 4.06. The first-order valence-electron chi connectivity index (χ1n) is 5.96. The van der Waals surface area contributed by atoms with Crippen molar-refractivity contribution < 1.29 is 4.74 Å². The Morgan fingerprint density at radius 3 is 3.06 bits per heavy atom. The van der Waals surface area contributed by atoms with Crippen LogP contribution >= 0.6 is 24.2 Å². The highest BCUT2D eigenvalue weighted by molar-refractivity contribution is 7.80. The first-order valence-corrected chi connectivity index (χ1v) is 6.78. The first kappa shape index (κ1) is 13.5. The Morgan fingerprint density at radius 1 is 1.50 bits per heavy atom. The van der Waals surface area contributed by atoms with Crippen molar-refractivity contribution in [2.75, 3.05) is 7.11 Å². The zero-order valence-electron chi connectivity index (χ0n) is 10.3. The van der Waals surface area contributed by atoms with Crippen LogP contribution in [0.1, 0.15) is 18.4 Å². The molecule has 0 saturated carbocycles. The van der Waals surface area contributed by atoms with Crippen LogP contribution in [0.3, 0.4) is 0 Å². The average molecular weight is 282 g/mol. The highest BCUT2D eigenvalue weighted by Crippen LogP contribution is 2.27. The SMILES string of the molecule is COC1=CC=CCC1CCc1ccc(Cl)nc1S. The molecule has 1 aromatic rings. The third-order valence-corrected chi connectivity index (χ3v) is 3.74. The van der Waals surface area contributed by atoms with E-state index in [0.717, 1.165) is 35.6 Å². The van der Waals surface area contributed by atoms with Gasteiger partial charge < -0.3 is 4.74 Å². The summed E-state index contributed by atoms with van der Waals surface area (Å²) in [5.41, 5.74) is 1.13. The molecule has 0 fully saturated rings. The van der Waals surface area contributed by atoms with Crippen LogP contribution < -0.4 is 0 Å². The van der Waals surface area contributed by atoms with Gasteiger partial charge in [-0.3, -0.25) is 0 Å². The molecule has 1 aliphatic carbocycles. The number of ether oxygens (including phenoxy) is 1. The van der Waals surface area contributed by atoms with Crippen LogP contribution in [0.4, 0.5) is 0 Å². The number of rotatable bonds is 4. The summed E-state index contributed by atoms with van der Waals surface area (Å²) in [6.45, 7) is 0. The lowest BCUT2D eigenvalue weighted by Gasteiger charge is -2.20. The molecule has 1 heterocycles. The molecular weight excluding hydrogens is 266 g/mol. The maximum Gasteiger partial charge on any atom is 0.130 e. The lowest BCUT2D eigenvalue weighted by molar-refractivity contribution is 0.234. The van der Waals surface area contributed by atoms with Gasteiger partial charge in [0.2, 0.25) is 0 Å². The molecule has 0 radical (unpaired) electrons. The highest BCUT2D eigenvalue weighted by atomic mass is 35.5. The Hall–Kier alpha value is -0.930. The number of aromatic nitrogens is 1. The van der Waals surface area contributed by atoms with Crippen LogP contribution in [-0.2, 0) is 11.2 Å². The summed E-state index contributed by atoms with van der Waals surface area (Å²) >= 11 is 10.2. The van der Waals surface area contributed by atoms with Crippen LogP contribution in [0.2, 0.25) is 5.15 Å². The van der Waals surface area contributed by atoms with Gasteiger partial charge in [-0.05, 0) is 37.0 Å². The largest absolute Gasteiger partial charge is 0.501 e. The van der Waals surface area contributed by atoms with E-state index < -0.39 is 0 Å². The lowest BCUT2D eigenvalue weighted by Crippen LogP contribution is -2.09. The second kappa shape index (κ2) is 6.30. The summed E-state index contributed by atoms with van der Waals surface area (Å²) in [7, 11) is 1.73. The van der Waals surface area contributed by atoms with Gasteiger partial charge in [-0.1, -0.05) is 29.8 Å². The number of aryl methyl sites for hydroxylation is 1. The van der Waals surface area contributed by atoms with Gasteiger partial charge >= 0.3 is 0 Å². The van der Waals surface area contributed by atoms with E-state index in [4.69, 9.17) is 16.3 Å². The van der Waals surface area contributed by atoms with E-state index in [1.54, 1.807) is 7.11 Å². The highest BCUT2D eigenvalue weighted by Gasteiger charge is 2.16.